The molecule has 0 radical (unpaired) electrons. The van der Waals surface area contributed by atoms with E-state index < -0.39 is 0 Å². The first-order valence-corrected chi connectivity index (χ1v) is 6.32. The molecule has 0 bridgehead atoms. The summed E-state index contributed by atoms with van der Waals surface area (Å²) in [4.78, 5) is 0. The molecule has 0 amide bonds. The molecule has 0 aliphatic rings. The lowest BCUT2D eigenvalue weighted by Crippen LogP contribution is -2.36. The first-order valence-electron chi connectivity index (χ1n) is 5.94. The quantitative estimate of drug-likeness (QED) is 0.862. The van der Waals surface area contributed by atoms with Crippen molar-refractivity contribution in [2.45, 2.75) is 59.2 Å². The van der Waals surface area contributed by atoms with Crippen molar-refractivity contribution in [3.8, 4) is 0 Å². The van der Waals surface area contributed by atoms with Crippen LogP contribution < -0.4 is 5.32 Å². The highest BCUT2D eigenvalue weighted by Crippen LogP contribution is 2.26. The lowest BCUT2D eigenvalue weighted by molar-refractivity contribution is 0.420. The number of nitrogens with one attached hydrogen (secondary N) is 1. The molecule has 92 valence electrons. The minimum absolute atomic E-state index is 0.359. The van der Waals surface area contributed by atoms with Gasteiger partial charge in [-0.3, -0.25) is 4.68 Å². The van der Waals surface area contributed by atoms with Crippen molar-refractivity contribution in [3.05, 3.63) is 16.9 Å². The Balaban J connectivity index is 2.86. The van der Waals surface area contributed by atoms with Crippen LogP contribution in [0.15, 0.2) is 6.20 Å². The molecular weight excluding hydrogens is 222 g/mol. The summed E-state index contributed by atoms with van der Waals surface area (Å²) in [6.45, 7) is 11.6. The van der Waals surface area contributed by atoms with Crippen LogP contribution in [0.5, 0.6) is 0 Å². The van der Waals surface area contributed by atoms with Gasteiger partial charge in [0.25, 0.3) is 0 Å². The van der Waals surface area contributed by atoms with Crippen molar-refractivity contribution in [2.75, 3.05) is 0 Å². The van der Waals surface area contributed by atoms with Crippen LogP contribution >= 0.6 is 11.6 Å². The van der Waals surface area contributed by atoms with E-state index in [-0.39, 0.29) is 0 Å². The van der Waals surface area contributed by atoms with Crippen molar-refractivity contribution in [1.29, 1.82) is 0 Å². The van der Waals surface area contributed by atoms with Gasteiger partial charge >= 0.3 is 0 Å². The predicted molar refractivity (Wildman–Crippen MR) is 69.1 cm³/mol. The van der Waals surface area contributed by atoms with E-state index in [9.17, 15) is 0 Å². The Morgan fingerprint density at radius 3 is 2.50 bits per heavy atom. The Morgan fingerprint density at radius 1 is 1.38 bits per heavy atom. The van der Waals surface area contributed by atoms with Gasteiger partial charge in [-0.2, -0.15) is 5.10 Å². The summed E-state index contributed by atoms with van der Waals surface area (Å²) in [6, 6.07) is 0.869. The third kappa shape index (κ3) is 2.98. The molecule has 0 fully saturated rings. The summed E-state index contributed by atoms with van der Waals surface area (Å²) < 4.78 is 1.98. The summed E-state index contributed by atoms with van der Waals surface area (Å²) in [5.41, 5.74) is 1.13. The first-order chi connectivity index (χ1) is 7.47. The molecule has 1 aromatic heterocycles. The van der Waals surface area contributed by atoms with Gasteiger partial charge in [-0.1, -0.05) is 32.4 Å². The van der Waals surface area contributed by atoms with Crippen LogP contribution in [-0.4, -0.2) is 21.9 Å². The van der Waals surface area contributed by atoms with Crippen LogP contribution in [0, 0.1) is 0 Å². The van der Waals surface area contributed by atoms with E-state index in [1.807, 2.05) is 4.68 Å². The third-order valence-corrected chi connectivity index (χ3v) is 3.20. The first kappa shape index (κ1) is 13.5. The zero-order valence-corrected chi connectivity index (χ0v) is 11.5. The molecular formula is C12H22ClN3. The monoisotopic (exact) mass is 243 g/mol. The zero-order valence-electron chi connectivity index (χ0n) is 10.8. The Labute approximate surface area is 103 Å². The topological polar surface area (TPSA) is 29.9 Å². The molecule has 0 saturated heterocycles. The molecule has 1 aromatic rings. The lowest BCUT2D eigenvalue weighted by atomic mass is 9.99. The van der Waals surface area contributed by atoms with Gasteiger partial charge in [0.2, 0.25) is 0 Å². The Kier molecular flexibility index (Phi) is 4.81. The summed E-state index contributed by atoms with van der Waals surface area (Å²) >= 11 is 6.19. The van der Waals surface area contributed by atoms with Crippen molar-refractivity contribution >= 4 is 11.6 Å². The van der Waals surface area contributed by atoms with Crippen molar-refractivity contribution in [1.82, 2.24) is 15.1 Å². The number of hydrogen-bond donors (Lipinski definition) is 1. The van der Waals surface area contributed by atoms with Gasteiger partial charge < -0.3 is 5.32 Å². The van der Waals surface area contributed by atoms with Gasteiger partial charge in [0.1, 0.15) is 0 Å². The maximum Gasteiger partial charge on any atom is 0.0821 e. The molecule has 0 aliphatic carbocycles. The number of rotatable bonds is 5. The second-order valence-electron chi connectivity index (χ2n) is 4.59. The van der Waals surface area contributed by atoms with Crippen molar-refractivity contribution < 1.29 is 0 Å². The molecule has 1 N–H and O–H groups in total. The fourth-order valence-electron chi connectivity index (χ4n) is 1.98. The lowest BCUT2D eigenvalue weighted by Gasteiger charge is -2.24. The number of nitrogens with zero attached hydrogens (tertiary/aromatic N) is 2. The van der Waals surface area contributed by atoms with Crippen LogP contribution in [0.4, 0.5) is 0 Å². The van der Waals surface area contributed by atoms with Crippen LogP contribution in [-0.2, 0) is 6.54 Å². The fraction of sp³-hybridized carbons (Fsp3) is 0.750. The molecule has 0 aromatic carbocycles. The van der Waals surface area contributed by atoms with E-state index in [4.69, 9.17) is 11.6 Å². The minimum atomic E-state index is 0.359. The molecule has 4 heteroatoms. The normalized spacial score (nSPS) is 15.4. The summed E-state index contributed by atoms with van der Waals surface area (Å²) in [5.74, 6) is 0.359. The molecule has 0 saturated carbocycles. The molecule has 2 unspecified atom stereocenters. The van der Waals surface area contributed by atoms with E-state index in [1.165, 1.54) is 0 Å². The molecule has 1 rings (SSSR count). The molecule has 0 spiro atoms. The Hall–Kier alpha value is -0.540. The SMILES string of the molecule is CCn1ncc(Cl)c1C(C)C(C)NC(C)C. The average molecular weight is 244 g/mol. The van der Waals surface area contributed by atoms with E-state index in [0.29, 0.717) is 18.0 Å². The second-order valence-corrected chi connectivity index (χ2v) is 5.00. The smallest absolute Gasteiger partial charge is 0.0821 e. The van der Waals surface area contributed by atoms with E-state index in [0.717, 1.165) is 17.3 Å². The largest absolute Gasteiger partial charge is 0.311 e. The van der Waals surface area contributed by atoms with Crippen LogP contribution in [0.1, 0.15) is 46.2 Å². The van der Waals surface area contributed by atoms with Crippen molar-refractivity contribution in [3.63, 3.8) is 0 Å². The van der Waals surface area contributed by atoms with Gasteiger partial charge in [0.05, 0.1) is 16.9 Å². The maximum atomic E-state index is 6.19. The molecule has 3 nitrogen and oxygen atoms in total. The summed E-state index contributed by atoms with van der Waals surface area (Å²) in [7, 11) is 0. The number of aromatic nitrogens is 2. The Morgan fingerprint density at radius 2 is 2.00 bits per heavy atom. The van der Waals surface area contributed by atoms with Crippen LogP contribution in [0.25, 0.3) is 0 Å². The fourth-order valence-corrected chi connectivity index (χ4v) is 2.30. The van der Waals surface area contributed by atoms with E-state index >= 15 is 0 Å². The second kappa shape index (κ2) is 5.69. The van der Waals surface area contributed by atoms with Crippen LogP contribution in [0.2, 0.25) is 5.02 Å². The standard InChI is InChI=1S/C12H22ClN3/c1-6-16-12(11(13)7-14-16)9(4)10(5)15-8(2)3/h7-10,15H,6H2,1-5H3. The molecule has 0 aliphatic heterocycles. The molecule has 2 atom stereocenters. The van der Waals surface area contributed by atoms with Gasteiger partial charge in [-0.25, -0.2) is 0 Å². The van der Waals surface area contributed by atoms with Gasteiger partial charge in [-0.15, -0.1) is 0 Å². The summed E-state index contributed by atoms with van der Waals surface area (Å²) in [6.07, 6.45) is 1.74. The number of halogens is 1. The highest BCUT2D eigenvalue weighted by Gasteiger charge is 2.21. The van der Waals surface area contributed by atoms with Crippen LogP contribution in [0.3, 0.4) is 0 Å². The van der Waals surface area contributed by atoms with E-state index in [2.05, 4.69) is 45.0 Å². The molecule has 1 heterocycles. The minimum Gasteiger partial charge on any atom is -0.311 e. The number of hydrogen-bond acceptors (Lipinski definition) is 2. The zero-order chi connectivity index (χ0) is 12.3. The highest BCUT2D eigenvalue weighted by molar-refractivity contribution is 6.31. The molecule has 16 heavy (non-hydrogen) atoms. The summed E-state index contributed by atoms with van der Waals surface area (Å²) in [5, 5.41) is 8.55. The number of aryl methyl sites for hydroxylation is 1. The third-order valence-electron chi connectivity index (χ3n) is 2.91. The average Bonchev–Trinajstić information content (AvgIpc) is 2.57. The van der Waals surface area contributed by atoms with Gasteiger partial charge in [0.15, 0.2) is 0 Å². The predicted octanol–water partition coefficient (Wildman–Crippen LogP) is 3.05. The van der Waals surface area contributed by atoms with Crippen molar-refractivity contribution in [2.24, 2.45) is 0 Å². The van der Waals surface area contributed by atoms with E-state index in [1.54, 1.807) is 6.20 Å². The van der Waals surface area contributed by atoms with Gasteiger partial charge in [-0.05, 0) is 13.8 Å². The van der Waals surface area contributed by atoms with Gasteiger partial charge in [0, 0.05) is 24.5 Å². The maximum absolute atomic E-state index is 6.19. The Bertz CT molecular complexity index is 333. The highest BCUT2D eigenvalue weighted by atomic mass is 35.5.